The molecule has 0 aliphatic heterocycles. The maximum Gasteiger partial charge on any atom is 0.261 e. The van der Waals surface area contributed by atoms with Gasteiger partial charge in [-0.15, -0.1) is 0 Å². The van der Waals surface area contributed by atoms with Crippen LogP contribution in [-0.4, -0.2) is 27.5 Å². The molecule has 32 heavy (non-hydrogen) atoms. The van der Waals surface area contributed by atoms with Crippen LogP contribution in [0.1, 0.15) is 24.2 Å². The SMILES string of the molecule is CCOc1ccc(C(=O)Nc2ccc(S(=O)(=O)Nc3ccccc3Cl)cc2)cc1OCC. The van der Waals surface area contributed by atoms with Gasteiger partial charge >= 0.3 is 0 Å². The number of halogens is 1. The molecule has 0 bridgehead atoms. The van der Waals surface area contributed by atoms with Crippen LogP contribution in [0.15, 0.2) is 71.6 Å². The summed E-state index contributed by atoms with van der Waals surface area (Å²) in [4.78, 5) is 12.7. The zero-order valence-corrected chi connectivity index (χ0v) is 19.2. The standard InChI is InChI=1S/C23H23ClN2O5S/c1-3-30-21-14-9-16(15-22(21)31-4-2)23(27)25-17-10-12-18(13-11-17)32(28,29)26-20-8-6-5-7-19(20)24/h5-15,26H,3-4H2,1-2H3,(H,25,27). The number of sulfonamides is 1. The minimum atomic E-state index is -3.83. The second-order valence-electron chi connectivity index (χ2n) is 6.59. The smallest absolute Gasteiger partial charge is 0.261 e. The Hall–Kier alpha value is -3.23. The highest BCUT2D eigenvalue weighted by Crippen LogP contribution is 2.29. The normalized spacial score (nSPS) is 11.0. The first-order valence-electron chi connectivity index (χ1n) is 9.92. The molecule has 0 spiro atoms. The van der Waals surface area contributed by atoms with Crippen molar-refractivity contribution in [1.29, 1.82) is 0 Å². The molecule has 2 N–H and O–H groups in total. The lowest BCUT2D eigenvalue weighted by molar-refractivity contribution is 0.102. The van der Waals surface area contributed by atoms with E-state index >= 15 is 0 Å². The Morgan fingerprint density at radius 3 is 2.22 bits per heavy atom. The largest absolute Gasteiger partial charge is 0.490 e. The van der Waals surface area contributed by atoms with Crippen LogP contribution in [0.25, 0.3) is 0 Å². The summed E-state index contributed by atoms with van der Waals surface area (Å²) >= 11 is 6.03. The van der Waals surface area contributed by atoms with Crippen LogP contribution in [0.4, 0.5) is 11.4 Å². The predicted molar refractivity (Wildman–Crippen MR) is 125 cm³/mol. The van der Waals surface area contributed by atoms with Crippen molar-refractivity contribution >= 4 is 38.9 Å². The van der Waals surface area contributed by atoms with Gasteiger partial charge in [-0.2, -0.15) is 0 Å². The van der Waals surface area contributed by atoms with E-state index in [0.717, 1.165) is 0 Å². The summed E-state index contributed by atoms with van der Waals surface area (Å²) in [6.45, 7) is 4.62. The lowest BCUT2D eigenvalue weighted by Gasteiger charge is -2.13. The van der Waals surface area contributed by atoms with Gasteiger partial charge in [0.05, 0.1) is 28.8 Å². The Morgan fingerprint density at radius 1 is 0.906 bits per heavy atom. The molecule has 0 aliphatic rings. The second-order valence-corrected chi connectivity index (χ2v) is 8.68. The minimum Gasteiger partial charge on any atom is -0.490 e. The first-order valence-corrected chi connectivity index (χ1v) is 11.8. The molecule has 168 valence electrons. The van der Waals surface area contributed by atoms with Gasteiger partial charge in [0, 0.05) is 11.3 Å². The Bertz CT molecular complexity index is 1200. The molecule has 0 radical (unpaired) electrons. The topological polar surface area (TPSA) is 93.7 Å². The number of carbonyl (C=O) groups is 1. The summed E-state index contributed by atoms with van der Waals surface area (Å²) in [5.41, 5.74) is 1.11. The fraction of sp³-hybridized carbons (Fsp3) is 0.174. The average molecular weight is 475 g/mol. The van der Waals surface area contributed by atoms with Crippen molar-refractivity contribution in [3.63, 3.8) is 0 Å². The summed E-state index contributed by atoms with van der Waals surface area (Å²) in [6, 6.07) is 17.3. The molecule has 0 unspecified atom stereocenters. The summed E-state index contributed by atoms with van der Waals surface area (Å²) in [5.74, 6) is 0.680. The number of hydrogen-bond donors (Lipinski definition) is 2. The van der Waals surface area contributed by atoms with Gasteiger partial charge < -0.3 is 14.8 Å². The van der Waals surface area contributed by atoms with Gasteiger partial charge in [-0.05, 0) is 68.4 Å². The highest BCUT2D eigenvalue weighted by Gasteiger charge is 2.16. The number of nitrogens with one attached hydrogen (secondary N) is 2. The number of anilines is 2. The van der Waals surface area contributed by atoms with Gasteiger partial charge in [-0.1, -0.05) is 23.7 Å². The van der Waals surface area contributed by atoms with E-state index in [4.69, 9.17) is 21.1 Å². The van der Waals surface area contributed by atoms with Crippen molar-refractivity contribution in [3.8, 4) is 11.5 Å². The molecule has 0 aromatic heterocycles. The highest BCUT2D eigenvalue weighted by molar-refractivity contribution is 7.92. The lowest BCUT2D eigenvalue weighted by Crippen LogP contribution is -2.14. The lowest BCUT2D eigenvalue weighted by atomic mass is 10.2. The number of para-hydroxylation sites is 1. The maximum atomic E-state index is 12.6. The van der Waals surface area contributed by atoms with E-state index in [1.54, 1.807) is 42.5 Å². The number of rotatable bonds is 9. The Balaban J connectivity index is 1.73. The van der Waals surface area contributed by atoms with Crippen LogP contribution in [0, 0.1) is 0 Å². The number of benzene rings is 3. The summed E-state index contributed by atoms with van der Waals surface area (Å²) < 4.78 is 38.7. The number of ether oxygens (including phenoxy) is 2. The van der Waals surface area contributed by atoms with E-state index < -0.39 is 10.0 Å². The summed E-state index contributed by atoms with van der Waals surface area (Å²) in [5, 5.41) is 3.04. The van der Waals surface area contributed by atoms with Crippen LogP contribution in [0.3, 0.4) is 0 Å². The van der Waals surface area contributed by atoms with Crippen LogP contribution >= 0.6 is 11.6 Å². The van der Waals surface area contributed by atoms with Crippen molar-refractivity contribution < 1.29 is 22.7 Å². The van der Waals surface area contributed by atoms with Crippen molar-refractivity contribution in [2.75, 3.05) is 23.3 Å². The van der Waals surface area contributed by atoms with E-state index in [2.05, 4.69) is 10.0 Å². The van der Waals surface area contributed by atoms with E-state index in [1.807, 2.05) is 13.8 Å². The van der Waals surface area contributed by atoms with Crippen molar-refractivity contribution in [3.05, 3.63) is 77.3 Å². The number of amides is 1. The fourth-order valence-electron chi connectivity index (χ4n) is 2.86. The van der Waals surface area contributed by atoms with Crippen LogP contribution < -0.4 is 19.5 Å². The zero-order chi connectivity index (χ0) is 23.1. The molecule has 0 fully saturated rings. The Kier molecular flexibility index (Phi) is 7.61. The first kappa shape index (κ1) is 23.4. The van der Waals surface area contributed by atoms with Crippen molar-refractivity contribution in [2.24, 2.45) is 0 Å². The molecule has 0 saturated carbocycles. The van der Waals surface area contributed by atoms with Gasteiger partial charge in [0.2, 0.25) is 0 Å². The van der Waals surface area contributed by atoms with Gasteiger partial charge in [-0.3, -0.25) is 9.52 Å². The van der Waals surface area contributed by atoms with Gasteiger partial charge in [0.15, 0.2) is 11.5 Å². The number of hydrogen-bond acceptors (Lipinski definition) is 5. The van der Waals surface area contributed by atoms with E-state index in [1.165, 1.54) is 24.3 Å². The van der Waals surface area contributed by atoms with Crippen LogP contribution in [-0.2, 0) is 10.0 Å². The molecule has 3 aromatic rings. The molecule has 0 atom stereocenters. The summed E-state index contributed by atoms with van der Waals surface area (Å²) in [7, 11) is -3.83. The van der Waals surface area contributed by atoms with Crippen molar-refractivity contribution in [2.45, 2.75) is 18.7 Å². The molecule has 0 aliphatic carbocycles. The molecule has 3 rings (SSSR count). The van der Waals surface area contributed by atoms with Gasteiger partial charge in [-0.25, -0.2) is 8.42 Å². The van der Waals surface area contributed by atoms with Gasteiger partial charge in [0.1, 0.15) is 0 Å². The third-order valence-electron chi connectivity index (χ3n) is 4.35. The molecular weight excluding hydrogens is 452 g/mol. The quantitative estimate of drug-likeness (QED) is 0.445. The Labute approximate surface area is 192 Å². The van der Waals surface area contributed by atoms with E-state index in [9.17, 15) is 13.2 Å². The van der Waals surface area contributed by atoms with Gasteiger partial charge in [0.25, 0.3) is 15.9 Å². The minimum absolute atomic E-state index is 0.0371. The monoisotopic (exact) mass is 474 g/mol. The third kappa shape index (κ3) is 5.72. The maximum absolute atomic E-state index is 12.6. The average Bonchev–Trinajstić information content (AvgIpc) is 2.77. The third-order valence-corrected chi connectivity index (χ3v) is 6.06. The molecular formula is C23H23ClN2O5S. The molecule has 7 nitrogen and oxygen atoms in total. The molecule has 0 heterocycles. The van der Waals surface area contributed by atoms with E-state index in [0.29, 0.717) is 41.0 Å². The molecule has 1 amide bonds. The predicted octanol–water partition coefficient (Wildman–Crippen LogP) is 5.19. The highest BCUT2D eigenvalue weighted by atomic mass is 35.5. The van der Waals surface area contributed by atoms with Crippen molar-refractivity contribution in [1.82, 2.24) is 0 Å². The van der Waals surface area contributed by atoms with Crippen LogP contribution in [0.2, 0.25) is 5.02 Å². The van der Waals surface area contributed by atoms with E-state index in [-0.39, 0.29) is 16.5 Å². The molecule has 3 aromatic carbocycles. The summed E-state index contributed by atoms with van der Waals surface area (Å²) in [6.07, 6.45) is 0. The van der Waals surface area contributed by atoms with Crippen LogP contribution in [0.5, 0.6) is 11.5 Å². The zero-order valence-electron chi connectivity index (χ0n) is 17.6. The Morgan fingerprint density at radius 2 is 1.56 bits per heavy atom. The molecule has 9 heteroatoms. The molecule has 0 saturated heterocycles. The number of carbonyl (C=O) groups excluding carboxylic acids is 1. The fourth-order valence-corrected chi connectivity index (χ4v) is 4.18. The first-order chi connectivity index (χ1) is 15.3. The second kappa shape index (κ2) is 10.4.